The highest BCUT2D eigenvalue weighted by Gasteiger charge is 2.25. The Kier molecular flexibility index (Phi) is 6.17. The van der Waals surface area contributed by atoms with Crippen LogP contribution in [-0.2, 0) is 16.6 Å². The van der Waals surface area contributed by atoms with Crippen LogP contribution in [-0.4, -0.2) is 31.9 Å². The molecule has 20 heavy (non-hydrogen) atoms. The van der Waals surface area contributed by atoms with Gasteiger partial charge in [-0.25, -0.2) is 8.42 Å². The van der Waals surface area contributed by atoms with Crippen LogP contribution in [0.25, 0.3) is 0 Å². The van der Waals surface area contributed by atoms with Crippen LogP contribution < -0.4 is 5.32 Å². The van der Waals surface area contributed by atoms with E-state index in [1.165, 1.54) is 4.31 Å². The second kappa shape index (κ2) is 7.20. The molecule has 0 saturated carbocycles. The molecule has 0 heterocycles. The number of nitrogens with zero attached hydrogens (tertiary/aromatic N) is 1. The van der Waals surface area contributed by atoms with Crippen molar-refractivity contribution in [2.75, 3.05) is 13.1 Å². The molecule has 0 saturated heterocycles. The maximum atomic E-state index is 12.6. The van der Waals surface area contributed by atoms with Crippen LogP contribution in [0.15, 0.2) is 23.1 Å². The average Bonchev–Trinajstić information content (AvgIpc) is 2.37. The Hall–Kier alpha value is -0.910. The van der Waals surface area contributed by atoms with E-state index >= 15 is 0 Å². The second-order valence-corrected chi connectivity index (χ2v) is 7.06. The molecule has 1 aromatic carbocycles. The van der Waals surface area contributed by atoms with Crippen LogP contribution in [0.5, 0.6) is 0 Å². The first-order valence-electron chi connectivity index (χ1n) is 7.16. The molecule has 1 aromatic rings. The van der Waals surface area contributed by atoms with E-state index in [1.54, 1.807) is 12.1 Å². The summed E-state index contributed by atoms with van der Waals surface area (Å²) in [5.41, 5.74) is 2.14. The predicted octanol–water partition coefficient (Wildman–Crippen LogP) is 2.52. The second-order valence-electron chi connectivity index (χ2n) is 5.17. The molecule has 0 unspecified atom stereocenters. The number of sulfonamides is 1. The molecule has 0 aromatic heterocycles. The molecule has 0 aliphatic carbocycles. The molecular weight excluding hydrogens is 272 g/mol. The van der Waals surface area contributed by atoms with Gasteiger partial charge in [-0.15, -0.1) is 0 Å². The first-order valence-corrected chi connectivity index (χ1v) is 8.60. The van der Waals surface area contributed by atoms with Crippen molar-refractivity contribution in [3.8, 4) is 0 Å². The minimum Gasteiger partial charge on any atom is -0.313 e. The molecule has 1 N–H and O–H groups in total. The molecule has 0 aliphatic heterocycles. The van der Waals surface area contributed by atoms with Crippen molar-refractivity contribution in [2.45, 2.75) is 52.1 Å². The lowest BCUT2D eigenvalue weighted by Crippen LogP contribution is -2.36. The maximum absolute atomic E-state index is 12.6. The molecule has 0 aliphatic rings. The van der Waals surface area contributed by atoms with E-state index in [1.807, 2.05) is 40.7 Å². The van der Waals surface area contributed by atoms with Gasteiger partial charge in [0.2, 0.25) is 10.0 Å². The van der Waals surface area contributed by atoms with Crippen molar-refractivity contribution >= 4 is 10.0 Å². The summed E-state index contributed by atoms with van der Waals surface area (Å²) < 4.78 is 26.8. The lowest BCUT2D eigenvalue weighted by molar-refractivity contribution is 0.369. The number of hydrogen-bond acceptors (Lipinski definition) is 3. The van der Waals surface area contributed by atoms with Gasteiger partial charge in [0.05, 0.1) is 4.90 Å². The van der Waals surface area contributed by atoms with Crippen LogP contribution in [0.3, 0.4) is 0 Å². The van der Waals surface area contributed by atoms with Crippen molar-refractivity contribution in [3.63, 3.8) is 0 Å². The molecule has 1 rings (SSSR count). The van der Waals surface area contributed by atoms with Crippen molar-refractivity contribution in [1.29, 1.82) is 0 Å². The van der Waals surface area contributed by atoms with Crippen LogP contribution in [0.1, 0.15) is 38.8 Å². The fourth-order valence-electron chi connectivity index (χ4n) is 2.21. The normalized spacial score (nSPS) is 12.3. The van der Waals surface area contributed by atoms with Gasteiger partial charge < -0.3 is 5.32 Å². The van der Waals surface area contributed by atoms with Crippen molar-refractivity contribution in [1.82, 2.24) is 9.62 Å². The molecule has 0 fully saturated rings. The number of rotatable bonds is 7. The highest BCUT2D eigenvalue weighted by atomic mass is 32.2. The SMILES string of the molecule is CCNCc1cc(S(=O)(=O)N(CC)C(C)C)ccc1C. The van der Waals surface area contributed by atoms with E-state index in [0.717, 1.165) is 17.7 Å². The van der Waals surface area contributed by atoms with Crippen LogP contribution >= 0.6 is 0 Å². The third kappa shape index (κ3) is 3.81. The Bertz CT molecular complexity index is 539. The van der Waals surface area contributed by atoms with Gasteiger partial charge in [0, 0.05) is 19.1 Å². The average molecular weight is 298 g/mol. The minimum absolute atomic E-state index is 0.0384. The maximum Gasteiger partial charge on any atom is 0.243 e. The molecular formula is C15H26N2O2S. The van der Waals surface area contributed by atoms with E-state index in [2.05, 4.69) is 5.32 Å². The zero-order valence-electron chi connectivity index (χ0n) is 13.1. The van der Waals surface area contributed by atoms with Gasteiger partial charge in [0.25, 0.3) is 0 Å². The quantitative estimate of drug-likeness (QED) is 0.841. The van der Waals surface area contributed by atoms with Crippen LogP contribution in [0, 0.1) is 6.92 Å². The number of aryl methyl sites for hydroxylation is 1. The Morgan fingerprint density at radius 1 is 1.25 bits per heavy atom. The topological polar surface area (TPSA) is 49.4 Å². The molecule has 4 nitrogen and oxygen atoms in total. The predicted molar refractivity (Wildman–Crippen MR) is 83.3 cm³/mol. The van der Waals surface area contributed by atoms with E-state index in [4.69, 9.17) is 0 Å². The Morgan fingerprint density at radius 2 is 1.90 bits per heavy atom. The van der Waals surface area contributed by atoms with Gasteiger partial charge in [-0.05, 0) is 50.6 Å². The highest BCUT2D eigenvalue weighted by Crippen LogP contribution is 2.21. The molecule has 114 valence electrons. The molecule has 0 bridgehead atoms. The summed E-state index contributed by atoms with van der Waals surface area (Å²) >= 11 is 0. The Balaban J connectivity index is 3.18. The molecule has 0 amide bonds. The smallest absolute Gasteiger partial charge is 0.243 e. The number of nitrogens with one attached hydrogen (secondary N) is 1. The molecule has 0 atom stereocenters. The highest BCUT2D eigenvalue weighted by molar-refractivity contribution is 7.89. The van der Waals surface area contributed by atoms with Gasteiger partial charge in [-0.1, -0.05) is 19.9 Å². The summed E-state index contributed by atoms with van der Waals surface area (Å²) in [4.78, 5) is 0.381. The fourth-order valence-corrected chi connectivity index (χ4v) is 3.90. The van der Waals surface area contributed by atoms with Crippen molar-refractivity contribution < 1.29 is 8.42 Å². The van der Waals surface area contributed by atoms with E-state index in [-0.39, 0.29) is 6.04 Å². The Labute approximate surface area is 123 Å². The monoisotopic (exact) mass is 298 g/mol. The summed E-state index contributed by atoms with van der Waals surface area (Å²) in [7, 11) is -3.41. The first kappa shape index (κ1) is 17.1. The lowest BCUT2D eigenvalue weighted by atomic mass is 10.1. The standard InChI is InChI=1S/C15H26N2O2S/c1-6-16-11-14-10-15(9-8-13(14)5)20(18,19)17(7-2)12(3)4/h8-10,12,16H,6-7,11H2,1-5H3. The summed E-state index contributed by atoms with van der Waals surface area (Å²) in [6.07, 6.45) is 0. The summed E-state index contributed by atoms with van der Waals surface area (Å²) in [6, 6.07) is 5.33. The fraction of sp³-hybridized carbons (Fsp3) is 0.600. The third-order valence-electron chi connectivity index (χ3n) is 3.38. The van der Waals surface area contributed by atoms with Crippen molar-refractivity contribution in [3.05, 3.63) is 29.3 Å². The van der Waals surface area contributed by atoms with E-state index in [9.17, 15) is 8.42 Å². The third-order valence-corrected chi connectivity index (χ3v) is 5.53. The first-order chi connectivity index (χ1) is 9.34. The molecule has 5 heteroatoms. The van der Waals surface area contributed by atoms with Gasteiger partial charge >= 0.3 is 0 Å². The molecule has 0 spiro atoms. The zero-order chi connectivity index (χ0) is 15.3. The number of benzene rings is 1. The van der Waals surface area contributed by atoms with Crippen molar-refractivity contribution in [2.24, 2.45) is 0 Å². The van der Waals surface area contributed by atoms with Crippen LogP contribution in [0.2, 0.25) is 0 Å². The van der Waals surface area contributed by atoms with Gasteiger partial charge in [0.15, 0.2) is 0 Å². The summed E-state index contributed by atoms with van der Waals surface area (Å²) in [5.74, 6) is 0. The Morgan fingerprint density at radius 3 is 2.40 bits per heavy atom. The van der Waals surface area contributed by atoms with Gasteiger partial charge in [0.1, 0.15) is 0 Å². The number of hydrogen-bond donors (Lipinski definition) is 1. The minimum atomic E-state index is -3.41. The summed E-state index contributed by atoms with van der Waals surface area (Å²) in [6.45, 7) is 11.7. The largest absolute Gasteiger partial charge is 0.313 e. The summed E-state index contributed by atoms with van der Waals surface area (Å²) in [5, 5.41) is 3.24. The molecule has 0 radical (unpaired) electrons. The van der Waals surface area contributed by atoms with E-state index < -0.39 is 10.0 Å². The van der Waals surface area contributed by atoms with Gasteiger partial charge in [-0.3, -0.25) is 0 Å². The lowest BCUT2D eigenvalue weighted by Gasteiger charge is -2.24. The van der Waals surface area contributed by atoms with E-state index in [0.29, 0.717) is 18.0 Å². The van der Waals surface area contributed by atoms with Gasteiger partial charge in [-0.2, -0.15) is 4.31 Å². The zero-order valence-corrected chi connectivity index (χ0v) is 13.9. The van der Waals surface area contributed by atoms with Crippen LogP contribution in [0.4, 0.5) is 0 Å².